The van der Waals surface area contributed by atoms with Gasteiger partial charge in [0, 0.05) is 31.8 Å². The zero-order valence-electron chi connectivity index (χ0n) is 11.0. The van der Waals surface area contributed by atoms with Gasteiger partial charge in [0.25, 0.3) is 5.91 Å². The normalized spacial score (nSPS) is 23.4. The fourth-order valence-electron chi connectivity index (χ4n) is 2.48. The second-order valence-corrected chi connectivity index (χ2v) is 4.78. The molecule has 2 N–H and O–H groups in total. The van der Waals surface area contributed by atoms with Gasteiger partial charge in [-0.15, -0.1) is 0 Å². The second kappa shape index (κ2) is 6.12. The summed E-state index contributed by atoms with van der Waals surface area (Å²) in [5, 5.41) is 0. The Kier molecular flexibility index (Phi) is 4.50. The molecule has 0 aromatic heterocycles. The van der Waals surface area contributed by atoms with Gasteiger partial charge in [0.1, 0.15) is 5.82 Å². The van der Waals surface area contributed by atoms with E-state index < -0.39 is 0 Å². The molecule has 0 bridgehead atoms. The molecule has 1 aromatic rings. The number of amides is 1. The van der Waals surface area contributed by atoms with Gasteiger partial charge in [-0.3, -0.25) is 4.79 Å². The quantitative estimate of drug-likeness (QED) is 0.900. The standard InChI is InChI=1S/C14H19FN2O2/c1-19-13-6-7-17(12(8-13)9-16)14(18)10-2-4-11(15)5-3-10/h2-5,12-13H,6-9,16H2,1H3. The molecule has 4 nitrogen and oxygen atoms in total. The minimum atomic E-state index is -0.343. The monoisotopic (exact) mass is 266 g/mol. The molecule has 1 saturated heterocycles. The van der Waals surface area contributed by atoms with Crippen LogP contribution in [0.25, 0.3) is 0 Å². The molecule has 104 valence electrons. The highest BCUT2D eigenvalue weighted by Crippen LogP contribution is 2.21. The van der Waals surface area contributed by atoms with Gasteiger partial charge in [0.05, 0.1) is 6.10 Å². The number of benzene rings is 1. The zero-order valence-corrected chi connectivity index (χ0v) is 11.0. The Hall–Kier alpha value is -1.46. The zero-order chi connectivity index (χ0) is 13.8. The van der Waals surface area contributed by atoms with Gasteiger partial charge in [0.15, 0.2) is 0 Å². The first-order chi connectivity index (χ1) is 9.15. The van der Waals surface area contributed by atoms with Gasteiger partial charge in [-0.1, -0.05) is 0 Å². The van der Waals surface area contributed by atoms with Crippen LogP contribution < -0.4 is 5.73 Å². The molecule has 1 aliphatic rings. The van der Waals surface area contributed by atoms with Gasteiger partial charge < -0.3 is 15.4 Å². The lowest BCUT2D eigenvalue weighted by Crippen LogP contribution is -2.51. The van der Waals surface area contributed by atoms with Crippen molar-refractivity contribution in [2.75, 3.05) is 20.2 Å². The molecule has 1 aliphatic heterocycles. The minimum absolute atomic E-state index is 0.0174. The molecular formula is C14H19FN2O2. The van der Waals surface area contributed by atoms with E-state index in [1.54, 1.807) is 12.0 Å². The molecule has 1 aromatic carbocycles. The summed E-state index contributed by atoms with van der Waals surface area (Å²) in [6.45, 7) is 1.03. The van der Waals surface area contributed by atoms with E-state index in [-0.39, 0.29) is 23.9 Å². The number of halogens is 1. The van der Waals surface area contributed by atoms with Crippen molar-refractivity contribution in [2.24, 2.45) is 5.73 Å². The van der Waals surface area contributed by atoms with Crippen molar-refractivity contribution < 1.29 is 13.9 Å². The number of carbonyl (C=O) groups excluding carboxylic acids is 1. The molecule has 0 saturated carbocycles. The molecule has 0 radical (unpaired) electrons. The summed E-state index contributed by atoms with van der Waals surface area (Å²) in [6, 6.07) is 5.59. The van der Waals surface area contributed by atoms with Crippen LogP contribution in [-0.2, 0) is 4.74 Å². The highest BCUT2D eigenvalue weighted by molar-refractivity contribution is 5.94. The van der Waals surface area contributed by atoms with Crippen LogP contribution in [0.5, 0.6) is 0 Å². The number of nitrogens with two attached hydrogens (primary N) is 1. The van der Waals surface area contributed by atoms with Crippen molar-refractivity contribution in [1.82, 2.24) is 4.90 Å². The van der Waals surface area contributed by atoms with E-state index in [1.165, 1.54) is 24.3 Å². The van der Waals surface area contributed by atoms with Crippen LogP contribution in [0.15, 0.2) is 24.3 Å². The molecule has 19 heavy (non-hydrogen) atoms. The minimum Gasteiger partial charge on any atom is -0.381 e. The van der Waals surface area contributed by atoms with Gasteiger partial charge in [-0.2, -0.15) is 0 Å². The van der Waals surface area contributed by atoms with Crippen molar-refractivity contribution in [3.05, 3.63) is 35.6 Å². The van der Waals surface area contributed by atoms with Gasteiger partial charge in [0.2, 0.25) is 0 Å². The molecule has 1 amide bonds. The molecule has 1 heterocycles. The molecule has 0 aliphatic carbocycles. The molecule has 0 spiro atoms. The Labute approximate surface area is 112 Å². The average molecular weight is 266 g/mol. The number of hydrogen-bond donors (Lipinski definition) is 1. The van der Waals surface area contributed by atoms with Crippen LogP contribution in [-0.4, -0.2) is 43.2 Å². The molecule has 5 heteroatoms. The van der Waals surface area contributed by atoms with Gasteiger partial charge in [-0.25, -0.2) is 4.39 Å². The summed E-state index contributed by atoms with van der Waals surface area (Å²) >= 11 is 0. The molecule has 1 fully saturated rings. The van der Waals surface area contributed by atoms with Crippen molar-refractivity contribution in [3.63, 3.8) is 0 Å². The van der Waals surface area contributed by atoms with E-state index in [2.05, 4.69) is 0 Å². The van der Waals surface area contributed by atoms with Crippen LogP contribution in [0.3, 0.4) is 0 Å². The lowest BCUT2D eigenvalue weighted by Gasteiger charge is -2.38. The van der Waals surface area contributed by atoms with Gasteiger partial charge in [-0.05, 0) is 37.1 Å². The average Bonchev–Trinajstić information content (AvgIpc) is 2.46. The highest BCUT2D eigenvalue weighted by atomic mass is 19.1. The Morgan fingerprint density at radius 2 is 2.16 bits per heavy atom. The Bertz CT molecular complexity index is 436. The number of hydrogen-bond acceptors (Lipinski definition) is 3. The third-order valence-electron chi connectivity index (χ3n) is 3.63. The first-order valence-electron chi connectivity index (χ1n) is 6.45. The summed E-state index contributed by atoms with van der Waals surface area (Å²) in [7, 11) is 1.68. The first-order valence-corrected chi connectivity index (χ1v) is 6.45. The van der Waals surface area contributed by atoms with Crippen LogP contribution >= 0.6 is 0 Å². The number of carbonyl (C=O) groups is 1. The number of ether oxygens (including phenoxy) is 1. The summed E-state index contributed by atoms with van der Waals surface area (Å²) in [5.41, 5.74) is 6.24. The first kappa shape index (κ1) is 14.0. The number of likely N-dealkylation sites (tertiary alicyclic amines) is 1. The van der Waals surface area contributed by atoms with Crippen molar-refractivity contribution in [1.29, 1.82) is 0 Å². The molecule has 2 rings (SSSR count). The summed E-state index contributed by atoms with van der Waals surface area (Å²) in [5.74, 6) is -0.435. The number of rotatable bonds is 3. The Morgan fingerprint density at radius 1 is 1.47 bits per heavy atom. The van der Waals surface area contributed by atoms with Crippen molar-refractivity contribution >= 4 is 5.91 Å². The summed E-state index contributed by atoms with van der Waals surface area (Å²) in [4.78, 5) is 14.1. The van der Waals surface area contributed by atoms with Gasteiger partial charge >= 0.3 is 0 Å². The highest BCUT2D eigenvalue weighted by Gasteiger charge is 2.31. The van der Waals surface area contributed by atoms with E-state index in [0.717, 1.165) is 12.8 Å². The van der Waals surface area contributed by atoms with Crippen molar-refractivity contribution in [3.8, 4) is 0 Å². The lowest BCUT2D eigenvalue weighted by molar-refractivity contribution is 0.0139. The smallest absolute Gasteiger partial charge is 0.254 e. The Morgan fingerprint density at radius 3 is 2.74 bits per heavy atom. The number of nitrogens with zero attached hydrogens (tertiary/aromatic N) is 1. The van der Waals surface area contributed by atoms with Crippen LogP contribution in [0.2, 0.25) is 0 Å². The maximum Gasteiger partial charge on any atom is 0.254 e. The second-order valence-electron chi connectivity index (χ2n) is 4.78. The van der Waals surface area contributed by atoms with E-state index in [1.807, 2.05) is 0 Å². The number of piperidine rings is 1. The van der Waals surface area contributed by atoms with E-state index in [0.29, 0.717) is 18.7 Å². The fraction of sp³-hybridized carbons (Fsp3) is 0.500. The predicted molar refractivity (Wildman–Crippen MR) is 70.3 cm³/mol. The van der Waals surface area contributed by atoms with Crippen molar-refractivity contribution in [2.45, 2.75) is 25.0 Å². The predicted octanol–water partition coefficient (Wildman–Crippen LogP) is 1.40. The van der Waals surface area contributed by atoms with Crippen LogP contribution in [0.1, 0.15) is 23.2 Å². The largest absolute Gasteiger partial charge is 0.381 e. The van der Waals surface area contributed by atoms with E-state index in [9.17, 15) is 9.18 Å². The topological polar surface area (TPSA) is 55.6 Å². The maximum atomic E-state index is 12.9. The molecular weight excluding hydrogens is 247 g/mol. The summed E-state index contributed by atoms with van der Waals surface area (Å²) < 4.78 is 18.2. The maximum absolute atomic E-state index is 12.9. The lowest BCUT2D eigenvalue weighted by atomic mass is 9.98. The van der Waals surface area contributed by atoms with E-state index in [4.69, 9.17) is 10.5 Å². The summed E-state index contributed by atoms with van der Waals surface area (Å²) in [6.07, 6.45) is 1.71. The van der Waals surface area contributed by atoms with Crippen LogP contribution in [0, 0.1) is 5.82 Å². The molecule has 2 atom stereocenters. The third-order valence-corrected chi connectivity index (χ3v) is 3.63. The van der Waals surface area contributed by atoms with E-state index >= 15 is 0 Å². The Balaban J connectivity index is 2.11. The molecule has 2 unspecified atom stereocenters. The fourth-order valence-corrected chi connectivity index (χ4v) is 2.48. The SMILES string of the molecule is COC1CCN(C(=O)c2ccc(F)cc2)C(CN)C1. The third kappa shape index (κ3) is 3.11. The number of methoxy groups -OCH3 is 1. The van der Waals surface area contributed by atoms with Crippen LogP contribution in [0.4, 0.5) is 4.39 Å².